The van der Waals surface area contributed by atoms with Crippen molar-refractivity contribution in [1.29, 1.82) is 0 Å². The molecule has 2 aromatic carbocycles. The fourth-order valence-electron chi connectivity index (χ4n) is 3.66. The van der Waals surface area contributed by atoms with Crippen LogP contribution < -0.4 is 15.1 Å². The summed E-state index contributed by atoms with van der Waals surface area (Å²) >= 11 is 0. The third kappa shape index (κ3) is 7.62. The van der Waals surface area contributed by atoms with Crippen LogP contribution in [0.3, 0.4) is 0 Å². The molecule has 0 spiro atoms. The smallest absolute Gasteiger partial charge is 0.302 e. The number of nitrogens with zero attached hydrogens (tertiary/aromatic N) is 2. The maximum absolute atomic E-state index is 12.9. The summed E-state index contributed by atoms with van der Waals surface area (Å²) < 4.78 is 10.2. The lowest BCUT2D eigenvalue weighted by molar-refractivity contribution is -0.140. The van der Waals surface area contributed by atoms with Crippen LogP contribution >= 0.6 is 0 Å². The minimum Gasteiger partial charge on any atom is -0.481 e. The predicted octanol–water partition coefficient (Wildman–Crippen LogP) is 4.69. The summed E-state index contributed by atoms with van der Waals surface area (Å²) in [6.07, 6.45) is 5.55. The minimum absolute atomic E-state index is 0.130. The zero-order valence-corrected chi connectivity index (χ0v) is 21.6. The second-order valence-corrected chi connectivity index (χ2v) is 9.15. The first-order chi connectivity index (χ1) is 17.6. The van der Waals surface area contributed by atoms with Gasteiger partial charge in [-0.3, -0.25) is 19.2 Å². The van der Waals surface area contributed by atoms with E-state index in [9.17, 15) is 14.4 Å². The van der Waals surface area contributed by atoms with E-state index in [1.54, 1.807) is 30.5 Å². The van der Waals surface area contributed by atoms with Crippen LogP contribution in [0, 0.1) is 0 Å². The average molecular weight is 506 g/mol. The molecule has 0 radical (unpaired) electrons. The van der Waals surface area contributed by atoms with Gasteiger partial charge in [0.25, 0.3) is 0 Å². The van der Waals surface area contributed by atoms with Gasteiger partial charge in [-0.05, 0) is 55.5 Å². The first-order valence-corrected chi connectivity index (χ1v) is 11.7. The number of hydrogen-bond donors (Lipinski definition) is 1. The molecule has 1 N–H and O–H groups in total. The Morgan fingerprint density at radius 2 is 1.84 bits per heavy atom. The van der Waals surface area contributed by atoms with E-state index in [0.717, 1.165) is 27.0 Å². The number of anilines is 2. The Bertz CT molecular complexity index is 1300. The first-order valence-electron chi connectivity index (χ1n) is 11.7. The van der Waals surface area contributed by atoms with Gasteiger partial charge in [0, 0.05) is 42.8 Å². The van der Waals surface area contributed by atoms with Crippen molar-refractivity contribution < 1.29 is 28.7 Å². The van der Waals surface area contributed by atoms with Crippen LogP contribution in [-0.2, 0) is 30.4 Å². The molecule has 3 rings (SSSR count). The van der Waals surface area contributed by atoms with Crippen LogP contribution in [0.5, 0.6) is 5.88 Å². The molecule has 194 valence electrons. The van der Waals surface area contributed by atoms with Gasteiger partial charge < -0.3 is 14.8 Å². The average Bonchev–Trinajstić information content (AvgIpc) is 2.86. The molecule has 0 saturated heterocycles. The Kier molecular flexibility index (Phi) is 8.97. The van der Waals surface area contributed by atoms with Crippen LogP contribution in [0.1, 0.15) is 38.8 Å². The Hall–Kier alpha value is -4.24. The molecule has 1 heterocycles. The molecule has 0 aliphatic carbocycles. The van der Waals surface area contributed by atoms with Crippen LogP contribution in [0.4, 0.5) is 11.4 Å². The summed E-state index contributed by atoms with van der Waals surface area (Å²) in [7, 11) is 1.53. The highest BCUT2D eigenvalue weighted by atomic mass is 16.7. The van der Waals surface area contributed by atoms with E-state index in [0.29, 0.717) is 30.1 Å². The molecule has 3 aromatic rings. The third-order valence-electron chi connectivity index (χ3n) is 5.15. The van der Waals surface area contributed by atoms with Crippen LogP contribution in [0.25, 0.3) is 16.8 Å². The predicted molar refractivity (Wildman–Crippen MR) is 142 cm³/mol. The third-order valence-corrected chi connectivity index (χ3v) is 5.15. The number of carbonyl (C=O) groups is 3. The largest absolute Gasteiger partial charge is 0.481 e. The van der Waals surface area contributed by atoms with Gasteiger partial charge >= 0.3 is 5.97 Å². The van der Waals surface area contributed by atoms with Crippen molar-refractivity contribution in [2.24, 2.45) is 0 Å². The Balaban J connectivity index is 2.03. The topological polar surface area (TPSA) is 107 Å². The number of methoxy groups -OCH3 is 1. The Labute approximate surface area is 216 Å². The molecule has 0 atom stereocenters. The van der Waals surface area contributed by atoms with Gasteiger partial charge in [0.1, 0.15) is 0 Å². The number of benzene rings is 2. The molecule has 2 amide bonds. The van der Waals surface area contributed by atoms with E-state index in [1.165, 1.54) is 20.1 Å². The summed E-state index contributed by atoms with van der Waals surface area (Å²) in [4.78, 5) is 46.3. The van der Waals surface area contributed by atoms with Crippen LogP contribution in [-0.4, -0.2) is 42.6 Å². The van der Waals surface area contributed by atoms with Gasteiger partial charge in [0.05, 0.1) is 25.0 Å². The van der Waals surface area contributed by atoms with Crippen molar-refractivity contribution in [3.63, 3.8) is 0 Å². The lowest BCUT2D eigenvalue weighted by atomic mass is 9.98. The standard InChI is InChI=1S/C28H31N3O6/c1-19(33)36-15-14-22-21-8-6-7-9-23(21)25(31(18-32)37-28(2,3)4)16-24(22)30-26(34)12-10-20-11-13-27(35-5)29-17-20/h6-13,16-18H,14-15H2,1-5H3,(H,30,34)/b12-10+. The summed E-state index contributed by atoms with van der Waals surface area (Å²) in [6.45, 7) is 6.97. The number of amides is 2. The molecule has 37 heavy (non-hydrogen) atoms. The molecule has 0 unspecified atom stereocenters. The highest BCUT2D eigenvalue weighted by molar-refractivity contribution is 6.08. The van der Waals surface area contributed by atoms with Gasteiger partial charge in [-0.15, -0.1) is 0 Å². The Morgan fingerprint density at radius 1 is 1.11 bits per heavy atom. The molecule has 9 heteroatoms. The van der Waals surface area contributed by atoms with Crippen molar-refractivity contribution in [2.75, 3.05) is 24.1 Å². The summed E-state index contributed by atoms with van der Waals surface area (Å²) in [5.41, 5.74) is 1.77. The lowest BCUT2D eigenvalue weighted by Crippen LogP contribution is -2.33. The van der Waals surface area contributed by atoms with E-state index in [-0.39, 0.29) is 12.5 Å². The molecule has 0 saturated carbocycles. The molecule has 9 nitrogen and oxygen atoms in total. The summed E-state index contributed by atoms with van der Waals surface area (Å²) in [6, 6.07) is 12.6. The van der Waals surface area contributed by atoms with E-state index >= 15 is 0 Å². The van der Waals surface area contributed by atoms with E-state index in [4.69, 9.17) is 14.3 Å². The number of hydrogen-bond acceptors (Lipinski definition) is 7. The van der Waals surface area contributed by atoms with Crippen molar-refractivity contribution in [2.45, 2.75) is 39.7 Å². The van der Waals surface area contributed by atoms with Crippen LogP contribution in [0.2, 0.25) is 0 Å². The number of fused-ring (bicyclic) bond motifs is 1. The second kappa shape index (κ2) is 12.1. The molecule has 0 bridgehead atoms. The zero-order chi connectivity index (χ0) is 27.0. The zero-order valence-electron chi connectivity index (χ0n) is 21.6. The molecule has 0 aliphatic rings. The molecular formula is C28H31N3O6. The van der Waals surface area contributed by atoms with E-state index < -0.39 is 11.6 Å². The number of esters is 1. The van der Waals surface area contributed by atoms with E-state index in [1.807, 2.05) is 45.0 Å². The highest BCUT2D eigenvalue weighted by Gasteiger charge is 2.22. The highest BCUT2D eigenvalue weighted by Crippen LogP contribution is 2.36. The van der Waals surface area contributed by atoms with Gasteiger partial charge in [0.15, 0.2) is 0 Å². The maximum Gasteiger partial charge on any atom is 0.302 e. The molecule has 1 aromatic heterocycles. The quantitative estimate of drug-likeness (QED) is 0.184. The van der Waals surface area contributed by atoms with Gasteiger partial charge in [-0.1, -0.05) is 24.3 Å². The van der Waals surface area contributed by atoms with Crippen LogP contribution in [0.15, 0.2) is 54.7 Å². The summed E-state index contributed by atoms with van der Waals surface area (Å²) in [5.74, 6) is -0.312. The normalized spacial score (nSPS) is 11.4. The number of nitrogens with one attached hydrogen (secondary N) is 1. The number of hydroxylamine groups is 1. The lowest BCUT2D eigenvalue weighted by Gasteiger charge is -2.28. The van der Waals surface area contributed by atoms with Crippen molar-refractivity contribution >= 4 is 46.5 Å². The number of rotatable bonds is 10. The molecule has 0 fully saturated rings. The Morgan fingerprint density at radius 3 is 2.43 bits per heavy atom. The maximum atomic E-state index is 12.9. The second-order valence-electron chi connectivity index (χ2n) is 9.15. The fourth-order valence-corrected chi connectivity index (χ4v) is 3.66. The van der Waals surface area contributed by atoms with Gasteiger partial charge in [-0.2, -0.15) is 5.06 Å². The number of ether oxygens (including phenoxy) is 2. The fraction of sp³-hybridized carbons (Fsp3) is 0.286. The number of carbonyl (C=O) groups excluding carboxylic acids is 3. The van der Waals surface area contributed by atoms with Crippen molar-refractivity contribution in [3.8, 4) is 5.88 Å². The van der Waals surface area contributed by atoms with Crippen molar-refractivity contribution in [3.05, 3.63) is 65.9 Å². The van der Waals surface area contributed by atoms with Gasteiger partial charge in [0.2, 0.25) is 18.2 Å². The monoisotopic (exact) mass is 505 g/mol. The summed E-state index contributed by atoms with van der Waals surface area (Å²) in [5, 5.41) is 5.60. The SMILES string of the molecule is COc1ccc(/C=C/C(=O)Nc2cc(N(C=O)OC(C)(C)C)c3ccccc3c2CCOC(C)=O)cn1. The minimum atomic E-state index is -0.644. The van der Waals surface area contributed by atoms with E-state index in [2.05, 4.69) is 10.3 Å². The van der Waals surface area contributed by atoms with Crippen molar-refractivity contribution in [1.82, 2.24) is 4.98 Å². The first kappa shape index (κ1) is 27.3. The van der Waals surface area contributed by atoms with Gasteiger partial charge in [-0.25, -0.2) is 4.98 Å². The molecular weight excluding hydrogens is 474 g/mol. The molecule has 0 aliphatic heterocycles. The number of pyridine rings is 1. The number of aromatic nitrogens is 1.